The standard InChI is InChI=1S/C21H33IO2/c1-13(23)16-8-9-18-15-7-6-14-5-3-4-11-20(14,2)17(15)10-12-21(16,18)19(22)24/h14-19,24H,3-12H2,1-2H3/t14-,15+,16+,17-,18-,19?,20-,21-/m0/s1. The van der Waals surface area contributed by atoms with Crippen LogP contribution >= 0.6 is 22.6 Å². The summed E-state index contributed by atoms with van der Waals surface area (Å²) < 4.78 is -0.366. The first-order valence-electron chi connectivity index (χ1n) is 10.2. The first-order chi connectivity index (χ1) is 11.4. The highest BCUT2D eigenvalue weighted by Crippen LogP contribution is 2.68. The van der Waals surface area contributed by atoms with Crippen LogP contribution in [0.15, 0.2) is 0 Å². The molecule has 1 unspecified atom stereocenters. The first kappa shape index (κ1) is 17.8. The highest BCUT2D eigenvalue weighted by molar-refractivity contribution is 14.1. The molecule has 4 fully saturated rings. The highest BCUT2D eigenvalue weighted by Gasteiger charge is 2.64. The third-order valence-corrected chi connectivity index (χ3v) is 10.3. The van der Waals surface area contributed by atoms with Gasteiger partial charge in [-0.1, -0.05) is 42.4 Å². The Labute approximate surface area is 160 Å². The van der Waals surface area contributed by atoms with Crippen LogP contribution in [0.4, 0.5) is 0 Å². The zero-order valence-corrected chi connectivity index (χ0v) is 17.4. The molecule has 136 valence electrons. The number of carbonyl (C=O) groups excluding carboxylic acids is 1. The Bertz CT molecular complexity index is 518. The van der Waals surface area contributed by atoms with E-state index in [2.05, 4.69) is 29.5 Å². The van der Waals surface area contributed by atoms with Gasteiger partial charge < -0.3 is 5.11 Å². The zero-order chi connectivity index (χ0) is 17.1. The molecule has 0 spiro atoms. The summed E-state index contributed by atoms with van der Waals surface area (Å²) in [7, 11) is 0. The average molecular weight is 444 g/mol. The first-order valence-corrected chi connectivity index (χ1v) is 11.5. The summed E-state index contributed by atoms with van der Waals surface area (Å²) >= 11 is 2.23. The third kappa shape index (κ3) is 2.32. The van der Waals surface area contributed by atoms with Crippen molar-refractivity contribution in [2.45, 2.75) is 82.2 Å². The lowest BCUT2D eigenvalue weighted by molar-refractivity contribution is -0.145. The Balaban J connectivity index is 1.68. The van der Waals surface area contributed by atoms with Gasteiger partial charge in [-0.25, -0.2) is 0 Å². The minimum Gasteiger partial charge on any atom is -0.382 e. The molecule has 0 aliphatic heterocycles. The summed E-state index contributed by atoms with van der Waals surface area (Å²) in [6.45, 7) is 4.36. The molecule has 8 atom stereocenters. The minimum atomic E-state index is -0.366. The summed E-state index contributed by atoms with van der Waals surface area (Å²) in [6, 6.07) is 0. The van der Waals surface area contributed by atoms with E-state index in [0.29, 0.717) is 17.1 Å². The molecular weight excluding hydrogens is 411 g/mol. The Morgan fingerprint density at radius 3 is 2.54 bits per heavy atom. The van der Waals surface area contributed by atoms with E-state index < -0.39 is 0 Å². The van der Waals surface area contributed by atoms with E-state index in [1.165, 1.54) is 51.4 Å². The van der Waals surface area contributed by atoms with E-state index in [9.17, 15) is 9.90 Å². The van der Waals surface area contributed by atoms with Crippen molar-refractivity contribution >= 4 is 28.4 Å². The van der Waals surface area contributed by atoms with Crippen molar-refractivity contribution in [1.82, 2.24) is 0 Å². The molecule has 0 saturated heterocycles. The lowest BCUT2D eigenvalue weighted by Crippen LogP contribution is -2.56. The number of rotatable bonds is 2. The Morgan fingerprint density at radius 1 is 1.04 bits per heavy atom. The number of fused-ring (bicyclic) bond motifs is 5. The minimum absolute atomic E-state index is 0.104. The van der Waals surface area contributed by atoms with Crippen LogP contribution in [0, 0.1) is 40.4 Å². The van der Waals surface area contributed by atoms with E-state index in [0.717, 1.165) is 30.6 Å². The molecule has 0 aromatic carbocycles. The van der Waals surface area contributed by atoms with Gasteiger partial charge >= 0.3 is 0 Å². The summed E-state index contributed by atoms with van der Waals surface area (Å²) in [6.07, 6.45) is 13.0. The predicted molar refractivity (Wildman–Crippen MR) is 105 cm³/mol. The van der Waals surface area contributed by atoms with Gasteiger partial charge in [-0.15, -0.1) is 0 Å². The molecular formula is C21H33IO2. The number of halogens is 1. The summed E-state index contributed by atoms with van der Waals surface area (Å²) in [5.74, 6) is 3.55. The SMILES string of the molecule is CC(=O)[C@H]1CC[C@H]2[C@@H]3CC[C@@H]4CCCC[C@]4(C)[C@H]3CC[C@]12C(O)I. The van der Waals surface area contributed by atoms with E-state index in [4.69, 9.17) is 0 Å². The van der Waals surface area contributed by atoms with Gasteiger partial charge in [0.05, 0.1) is 0 Å². The molecule has 4 rings (SSSR count). The largest absolute Gasteiger partial charge is 0.382 e. The van der Waals surface area contributed by atoms with Gasteiger partial charge in [0.15, 0.2) is 0 Å². The van der Waals surface area contributed by atoms with Crippen molar-refractivity contribution in [3.63, 3.8) is 0 Å². The Morgan fingerprint density at radius 2 is 1.83 bits per heavy atom. The quantitative estimate of drug-likeness (QED) is 0.460. The van der Waals surface area contributed by atoms with Crippen LogP contribution in [-0.4, -0.2) is 15.0 Å². The van der Waals surface area contributed by atoms with Crippen molar-refractivity contribution in [1.29, 1.82) is 0 Å². The van der Waals surface area contributed by atoms with Crippen LogP contribution in [-0.2, 0) is 4.79 Å². The number of alkyl halides is 1. The second-order valence-electron chi connectivity index (χ2n) is 9.63. The van der Waals surface area contributed by atoms with Crippen molar-refractivity contribution in [3.8, 4) is 0 Å². The number of Topliss-reactive ketones (excluding diaryl/α,β-unsaturated/α-hetero) is 1. The van der Waals surface area contributed by atoms with Crippen LogP contribution in [0.5, 0.6) is 0 Å². The second-order valence-corrected chi connectivity index (χ2v) is 10.8. The second kappa shape index (κ2) is 6.21. The van der Waals surface area contributed by atoms with E-state index in [1.54, 1.807) is 6.92 Å². The fourth-order valence-electron chi connectivity index (χ4n) is 8.07. The topological polar surface area (TPSA) is 37.3 Å². The average Bonchev–Trinajstić information content (AvgIpc) is 2.95. The molecule has 4 aliphatic carbocycles. The highest BCUT2D eigenvalue weighted by atomic mass is 127. The number of aliphatic hydroxyl groups excluding tert-OH is 1. The molecule has 0 aromatic rings. The molecule has 3 heteroatoms. The summed E-state index contributed by atoms with van der Waals surface area (Å²) in [5, 5.41) is 10.8. The lowest BCUT2D eigenvalue weighted by atomic mass is 9.44. The van der Waals surface area contributed by atoms with Crippen LogP contribution in [0.2, 0.25) is 0 Å². The normalized spacial score (nSPS) is 52.1. The maximum Gasteiger partial charge on any atom is 0.133 e. The van der Waals surface area contributed by atoms with E-state index in [-0.39, 0.29) is 15.4 Å². The summed E-state index contributed by atoms with van der Waals surface area (Å²) in [4.78, 5) is 12.3. The van der Waals surface area contributed by atoms with Crippen LogP contribution < -0.4 is 0 Å². The maximum atomic E-state index is 12.3. The zero-order valence-electron chi connectivity index (χ0n) is 15.3. The smallest absolute Gasteiger partial charge is 0.133 e. The van der Waals surface area contributed by atoms with Gasteiger partial charge in [-0.05, 0) is 87.4 Å². The lowest BCUT2D eigenvalue weighted by Gasteiger charge is -2.61. The number of hydrogen-bond acceptors (Lipinski definition) is 2. The van der Waals surface area contributed by atoms with Gasteiger partial charge in [-0.3, -0.25) is 4.79 Å². The number of aliphatic hydroxyl groups is 1. The fourth-order valence-corrected chi connectivity index (χ4v) is 9.27. The van der Waals surface area contributed by atoms with Crippen LogP contribution in [0.1, 0.15) is 78.1 Å². The molecule has 0 radical (unpaired) electrons. The van der Waals surface area contributed by atoms with Crippen molar-refractivity contribution < 1.29 is 9.90 Å². The van der Waals surface area contributed by atoms with Gasteiger partial charge in [0.1, 0.15) is 9.89 Å². The van der Waals surface area contributed by atoms with E-state index >= 15 is 0 Å². The summed E-state index contributed by atoms with van der Waals surface area (Å²) in [5.41, 5.74) is 0.420. The fraction of sp³-hybridized carbons (Fsp3) is 0.952. The van der Waals surface area contributed by atoms with Crippen LogP contribution in [0.3, 0.4) is 0 Å². The van der Waals surface area contributed by atoms with E-state index in [1.807, 2.05) is 0 Å². The predicted octanol–water partition coefficient (Wildman–Crippen LogP) is 5.36. The molecule has 1 N–H and O–H groups in total. The number of hydrogen-bond donors (Lipinski definition) is 1. The number of ketones is 1. The molecule has 0 amide bonds. The maximum absolute atomic E-state index is 12.3. The molecule has 2 nitrogen and oxygen atoms in total. The van der Waals surface area contributed by atoms with Gasteiger partial charge in [0.2, 0.25) is 0 Å². The molecule has 0 aromatic heterocycles. The monoisotopic (exact) mass is 444 g/mol. The van der Waals surface area contributed by atoms with Gasteiger partial charge in [0, 0.05) is 11.3 Å². The molecule has 4 aliphatic rings. The molecule has 0 bridgehead atoms. The molecule has 24 heavy (non-hydrogen) atoms. The number of carbonyl (C=O) groups is 1. The van der Waals surface area contributed by atoms with Crippen molar-refractivity contribution in [2.24, 2.45) is 40.4 Å². The molecule has 4 saturated carbocycles. The van der Waals surface area contributed by atoms with Crippen molar-refractivity contribution in [2.75, 3.05) is 0 Å². The molecule has 0 heterocycles. The Hall–Kier alpha value is 0.360. The Kier molecular flexibility index (Phi) is 4.60. The van der Waals surface area contributed by atoms with Gasteiger partial charge in [-0.2, -0.15) is 0 Å². The van der Waals surface area contributed by atoms with Crippen molar-refractivity contribution in [3.05, 3.63) is 0 Å². The van der Waals surface area contributed by atoms with Gasteiger partial charge in [0.25, 0.3) is 0 Å². The third-order valence-electron chi connectivity index (χ3n) is 9.11. The van der Waals surface area contributed by atoms with Crippen LogP contribution in [0.25, 0.3) is 0 Å².